The molecule has 0 bridgehead atoms. The van der Waals surface area contributed by atoms with Crippen LogP contribution in [0.25, 0.3) is 0 Å². The zero-order valence-electron chi connectivity index (χ0n) is 21.5. The molecule has 38 heavy (non-hydrogen) atoms. The molecule has 2 aromatic rings. The van der Waals surface area contributed by atoms with Crippen molar-refractivity contribution in [2.45, 2.75) is 57.3 Å². The van der Waals surface area contributed by atoms with Crippen molar-refractivity contribution in [3.63, 3.8) is 0 Å². The fourth-order valence-electron chi connectivity index (χ4n) is 6.53. The maximum absolute atomic E-state index is 13.2. The third-order valence-corrected chi connectivity index (χ3v) is 9.85. The van der Waals surface area contributed by atoms with Crippen molar-refractivity contribution in [1.82, 2.24) is 14.8 Å². The van der Waals surface area contributed by atoms with E-state index in [1.807, 2.05) is 22.1 Å². The number of hydrogen-bond donors (Lipinski definition) is 1. The van der Waals surface area contributed by atoms with Gasteiger partial charge in [-0.25, -0.2) is 0 Å². The molecule has 0 saturated carbocycles. The molecule has 1 aromatic heterocycles. The van der Waals surface area contributed by atoms with E-state index in [0.29, 0.717) is 31.3 Å². The second kappa shape index (κ2) is 12.4. The predicted molar refractivity (Wildman–Crippen MR) is 155 cm³/mol. The van der Waals surface area contributed by atoms with Crippen molar-refractivity contribution in [3.8, 4) is 0 Å². The van der Waals surface area contributed by atoms with Crippen LogP contribution >= 0.6 is 43.5 Å². The summed E-state index contributed by atoms with van der Waals surface area (Å²) in [4.78, 5) is 34.1. The third kappa shape index (κ3) is 6.13. The van der Waals surface area contributed by atoms with E-state index in [1.165, 1.54) is 16.7 Å². The van der Waals surface area contributed by atoms with Crippen molar-refractivity contribution in [2.75, 3.05) is 32.8 Å². The van der Waals surface area contributed by atoms with Gasteiger partial charge in [-0.05, 0) is 101 Å². The van der Waals surface area contributed by atoms with E-state index < -0.39 is 0 Å². The molecule has 0 unspecified atom stereocenters. The van der Waals surface area contributed by atoms with Gasteiger partial charge < -0.3 is 14.9 Å². The molecule has 3 aliphatic rings. The van der Waals surface area contributed by atoms with Crippen LogP contribution in [0, 0.1) is 11.8 Å². The Bertz CT molecular complexity index is 1190. The van der Waals surface area contributed by atoms with E-state index in [0.717, 1.165) is 71.3 Å². The van der Waals surface area contributed by atoms with E-state index in [9.17, 15) is 9.59 Å². The first-order valence-electron chi connectivity index (χ1n) is 13.6. The SMILES string of the molecule is O=C(CCO)N1CCC(CC(=O)N2CCC([C@H]3c4ncc(Br)cc4CCc4cc(Cl)cc(Br)c43)CC2)CC1. The summed E-state index contributed by atoms with van der Waals surface area (Å²) in [6, 6.07) is 6.31. The van der Waals surface area contributed by atoms with Gasteiger partial charge in [0.1, 0.15) is 0 Å². The maximum atomic E-state index is 13.2. The lowest BCUT2D eigenvalue weighted by Gasteiger charge is -2.38. The number of halogens is 3. The molecular formula is C29H34Br2ClN3O3. The lowest BCUT2D eigenvalue weighted by molar-refractivity contribution is -0.135. The summed E-state index contributed by atoms with van der Waals surface area (Å²) in [6.07, 6.45) is 8.10. The molecule has 204 valence electrons. The summed E-state index contributed by atoms with van der Waals surface area (Å²) in [5, 5.41) is 9.77. The number of aryl methyl sites for hydroxylation is 2. The van der Waals surface area contributed by atoms with Gasteiger partial charge in [0.25, 0.3) is 0 Å². The number of likely N-dealkylation sites (tertiary alicyclic amines) is 2. The van der Waals surface area contributed by atoms with Gasteiger partial charge >= 0.3 is 0 Å². The smallest absolute Gasteiger partial charge is 0.224 e. The molecule has 2 amide bonds. The topological polar surface area (TPSA) is 73.7 Å². The van der Waals surface area contributed by atoms with Crippen LogP contribution in [0.1, 0.15) is 66.8 Å². The molecule has 1 aromatic carbocycles. The summed E-state index contributed by atoms with van der Waals surface area (Å²) in [7, 11) is 0. The Kier molecular flexibility index (Phi) is 9.13. The summed E-state index contributed by atoms with van der Waals surface area (Å²) < 4.78 is 2.05. The van der Waals surface area contributed by atoms with E-state index >= 15 is 0 Å². The minimum atomic E-state index is -0.108. The van der Waals surface area contributed by atoms with Gasteiger partial charge in [0.2, 0.25) is 11.8 Å². The van der Waals surface area contributed by atoms with Crippen LogP contribution < -0.4 is 0 Å². The number of carbonyl (C=O) groups excluding carboxylic acids is 2. The minimum absolute atomic E-state index is 0.0109. The molecule has 6 nitrogen and oxygen atoms in total. The number of rotatable bonds is 5. The van der Waals surface area contributed by atoms with Crippen LogP contribution in [0.3, 0.4) is 0 Å². The van der Waals surface area contributed by atoms with Crippen molar-refractivity contribution < 1.29 is 14.7 Å². The predicted octanol–water partition coefficient (Wildman–Crippen LogP) is 5.74. The Morgan fingerprint density at radius 2 is 1.61 bits per heavy atom. The molecular weight excluding hydrogens is 634 g/mol. The number of pyridine rings is 1. The molecule has 9 heteroatoms. The first-order valence-corrected chi connectivity index (χ1v) is 15.6. The molecule has 5 rings (SSSR count). The zero-order chi connectivity index (χ0) is 26.8. The molecule has 1 atom stereocenters. The summed E-state index contributed by atoms with van der Waals surface area (Å²) in [5.74, 6) is 1.13. The number of amides is 2. The second-order valence-electron chi connectivity index (χ2n) is 10.9. The Morgan fingerprint density at radius 3 is 2.32 bits per heavy atom. The highest BCUT2D eigenvalue weighted by Gasteiger charge is 2.36. The number of aliphatic hydroxyl groups is 1. The molecule has 2 fully saturated rings. The zero-order valence-corrected chi connectivity index (χ0v) is 25.4. The van der Waals surface area contributed by atoms with Crippen molar-refractivity contribution >= 4 is 55.3 Å². The fourth-order valence-corrected chi connectivity index (χ4v) is 8.03. The number of aromatic nitrogens is 1. The summed E-state index contributed by atoms with van der Waals surface area (Å²) >= 11 is 13.9. The van der Waals surface area contributed by atoms with Crippen LogP contribution in [-0.2, 0) is 22.4 Å². The van der Waals surface area contributed by atoms with Gasteiger partial charge in [-0.3, -0.25) is 14.6 Å². The van der Waals surface area contributed by atoms with E-state index in [-0.39, 0.29) is 30.8 Å². The van der Waals surface area contributed by atoms with E-state index in [1.54, 1.807) is 0 Å². The van der Waals surface area contributed by atoms with Crippen LogP contribution in [0.5, 0.6) is 0 Å². The minimum Gasteiger partial charge on any atom is -0.396 e. The molecule has 3 heterocycles. The molecule has 1 N–H and O–H groups in total. The summed E-state index contributed by atoms with van der Waals surface area (Å²) in [6.45, 7) is 2.78. The van der Waals surface area contributed by atoms with Gasteiger partial charge in [-0.1, -0.05) is 27.5 Å². The van der Waals surface area contributed by atoms with Crippen LogP contribution in [0.2, 0.25) is 5.02 Å². The number of nitrogens with zero attached hydrogens (tertiary/aromatic N) is 3. The van der Waals surface area contributed by atoms with Crippen molar-refractivity contribution in [1.29, 1.82) is 0 Å². The van der Waals surface area contributed by atoms with Crippen molar-refractivity contribution in [3.05, 3.63) is 60.7 Å². The van der Waals surface area contributed by atoms with Crippen LogP contribution in [0.15, 0.2) is 33.3 Å². The Hall–Kier alpha value is -1.48. The lowest BCUT2D eigenvalue weighted by Crippen LogP contribution is -2.43. The van der Waals surface area contributed by atoms with Gasteiger partial charge in [-0.15, -0.1) is 0 Å². The fraction of sp³-hybridized carbons (Fsp3) is 0.552. The number of carbonyl (C=O) groups is 2. The molecule has 2 aliphatic heterocycles. The highest BCUT2D eigenvalue weighted by atomic mass is 79.9. The van der Waals surface area contributed by atoms with E-state index in [2.05, 4.69) is 44.0 Å². The maximum Gasteiger partial charge on any atom is 0.224 e. The highest BCUT2D eigenvalue weighted by Crippen LogP contribution is 2.46. The molecule has 0 spiro atoms. The van der Waals surface area contributed by atoms with Gasteiger partial charge in [-0.2, -0.15) is 0 Å². The Morgan fingerprint density at radius 1 is 0.947 bits per heavy atom. The number of fused-ring (bicyclic) bond motifs is 2. The van der Waals surface area contributed by atoms with Gasteiger partial charge in [0.05, 0.1) is 12.3 Å². The number of benzene rings is 1. The Balaban J connectivity index is 1.26. The quantitative estimate of drug-likeness (QED) is 0.442. The summed E-state index contributed by atoms with van der Waals surface area (Å²) in [5.41, 5.74) is 5.02. The lowest BCUT2D eigenvalue weighted by atomic mass is 9.76. The first kappa shape index (κ1) is 28.1. The Labute approximate surface area is 246 Å². The molecule has 2 saturated heterocycles. The molecule has 1 aliphatic carbocycles. The van der Waals surface area contributed by atoms with Crippen LogP contribution in [-0.4, -0.2) is 64.5 Å². The normalized spacial score (nSPS) is 20.6. The standard InChI is InChI=1S/C29H34Br2ClN3O3/c30-22-14-21-2-1-20-15-23(32)16-24(31)27(20)28(29(21)33-17-22)19-5-10-35(11-6-19)26(38)13-18-3-8-34(9-4-18)25(37)7-12-36/h14-19,28,36H,1-13H2/t28-/m1/s1. The largest absolute Gasteiger partial charge is 0.396 e. The first-order chi connectivity index (χ1) is 18.3. The number of aliphatic hydroxyl groups excluding tert-OH is 1. The number of hydrogen-bond acceptors (Lipinski definition) is 4. The average molecular weight is 668 g/mol. The highest BCUT2D eigenvalue weighted by molar-refractivity contribution is 9.10. The van der Waals surface area contributed by atoms with Gasteiger partial charge in [0.15, 0.2) is 0 Å². The average Bonchev–Trinajstić information content (AvgIpc) is 3.06. The van der Waals surface area contributed by atoms with E-state index in [4.69, 9.17) is 21.7 Å². The second-order valence-corrected chi connectivity index (χ2v) is 13.1. The van der Waals surface area contributed by atoms with Crippen LogP contribution in [0.4, 0.5) is 0 Å². The van der Waals surface area contributed by atoms with Crippen molar-refractivity contribution in [2.24, 2.45) is 11.8 Å². The number of piperidine rings is 2. The van der Waals surface area contributed by atoms with Gasteiger partial charge in [0, 0.05) is 65.1 Å². The third-order valence-electron chi connectivity index (χ3n) is 8.54. The monoisotopic (exact) mass is 665 g/mol. The molecule has 0 radical (unpaired) electrons.